The smallest absolute Gasteiger partial charge is 0.338 e. The lowest BCUT2D eigenvalue weighted by Gasteiger charge is -2.27. The molecule has 9 heteroatoms. The fraction of sp³-hybridized carbons (Fsp3) is 0.286. The molecule has 7 nitrogen and oxygen atoms in total. The maximum absolute atomic E-state index is 13.6. The highest BCUT2D eigenvalue weighted by Crippen LogP contribution is 2.35. The topological polar surface area (TPSA) is 81.9 Å². The SMILES string of the molecule is CCOC(=O)C1=C(C)Nc2nnnn2C1c1ccc(F)c(F)c1. The molecule has 23 heavy (non-hydrogen) atoms. The van der Waals surface area contributed by atoms with Crippen LogP contribution in [-0.4, -0.2) is 32.8 Å². The second-order valence-electron chi connectivity index (χ2n) is 4.91. The molecule has 0 bridgehead atoms. The van der Waals surface area contributed by atoms with Crippen LogP contribution in [0.4, 0.5) is 14.7 Å². The van der Waals surface area contributed by atoms with Crippen LogP contribution < -0.4 is 5.32 Å². The summed E-state index contributed by atoms with van der Waals surface area (Å²) in [5.74, 6) is -2.27. The van der Waals surface area contributed by atoms with Crippen molar-refractivity contribution >= 4 is 11.9 Å². The summed E-state index contributed by atoms with van der Waals surface area (Å²) in [6.07, 6.45) is 0. The van der Waals surface area contributed by atoms with E-state index in [1.54, 1.807) is 13.8 Å². The number of benzene rings is 1. The van der Waals surface area contributed by atoms with E-state index in [1.165, 1.54) is 10.7 Å². The zero-order valence-corrected chi connectivity index (χ0v) is 12.4. The molecular weight excluding hydrogens is 308 g/mol. The van der Waals surface area contributed by atoms with E-state index >= 15 is 0 Å². The highest BCUT2D eigenvalue weighted by Gasteiger charge is 2.35. The number of allylic oxidation sites excluding steroid dienone is 1. The second-order valence-corrected chi connectivity index (χ2v) is 4.91. The minimum atomic E-state index is -1.02. The summed E-state index contributed by atoms with van der Waals surface area (Å²) < 4.78 is 33.2. The van der Waals surface area contributed by atoms with Gasteiger partial charge in [0.2, 0.25) is 5.95 Å². The van der Waals surface area contributed by atoms with E-state index in [1.807, 2.05) is 0 Å². The Hall–Kier alpha value is -2.84. The number of anilines is 1. The molecule has 1 atom stereocenters. The van der Waals surface area contributed by atoms with Crippen molar-refractivity contribution in [3.05, 3.63) is 46.7 Å². The summed E-state index contributed by atoms with van der Waals surface area (Å²) in [6.45, 7) is 3.53. The molecule has 0 spiro atoms. The standard InChI is InChI=1S/C14H13F2N5O2/c1-3-23-13(22)11-7(2)17-14-18-19-20-21(14)12(11)8-4-5-9(15)10(16)6-8/h4-6,12H,3H2,1-2H3,(H,17,18,20). The van der Waals surface area contributed by atoms with Gasteiger partial charge in [-0.2, -0.15) is 4.68 Å². The minimum Gasteiger partial charge on any atom is -0.463 e. The van der Waals surface area contributed by atoms with Gasteiger partial charge in [-0.05, 0) is 42.0 Å². The summed E-state index contributed by atoms with van der Waals surface area (Å²) in [5.41, 5.74) is 1.06. The number of nitrogens with zero attached hydrogens (tertiary/aromatic N) is 4. The molecule has 1 aromatic carbocycles. The normalized spacial score (nSPS) is 16.8. The van der Waals surface area contributed by atoms with Crippen LogP contribution in [-0.2, 0) is 9.53 Å². The van der Waals surface area contributed by atoms with Gasteiger partial charge in [-0.25, -0.2) is 13.6 Å². The Bertz CT molecular complexity index is 802. The molecule has 2 heterocycles. The Morgan fingerprint density at radius 2 is 2.17 bits per heavy atom. The molecule has 120 valence electrons. The molecule has 0 radical (unpaired) electrons. The van der Waals surface area contributed by atoms with Crippen LogP contribution >= 0.6 is 0 Å². The van der Waals surface area contributed by atoms with E-state index in [2.05, 4.69) is 20.8 Å². The van der Waals surface area contributed by atoms with Crippen molar-refractivity contribution in [2.24, 2.45) is 0 Å². The zero-order valence-electron chi connectivity index (χ0n) is 12.4. The van der Waals surface area contributed by atoms with Crippen molar-refractivity contribution in [1.82, 2.24) is 20.2 Å². The Labute approximate surface area is 129 Å². The zero-order chi connectivity index (χ0) is 16.6. The first-order valence-corrected chi connectivity index (χ1v) is 6.90. The first-order valence-electron chi connectivity index (χ1n) is 6.90. The van der Waals surface area contributed by atoms with Crippen molar-refractivity contribution in [1.29, 1.82) is 0 Å². The van der Waals surface area contributed by atoms with E-state index in [4.69, 9.17) is 4.74 Å². The number of hydrogen-bond donors (Lipinski definition) is 1. The first-order chi connectivity index (χ1) is 11.0. The van der Waals surface area contributed by atoms with Gasteiger partial charge in [0, 0.05) is 5.70 Å². The minimum absolute atomic E-state index is 0.183. The van der Waals surface area contributed by atoms with Gasteiger partial charge >= 0.3 is 5.97 Å². The lowest BCUT2D eigenvalue weighted by Crippen LogP contribution is -2.29. The quantitative estimate of drug-likeness (QED) is 0.868. The molecule has 3 rings (SSSR count). The molecule has 0 fully saturated rings. The number of halogens is 2. The second kappa shape index (κ2) is 5.75. The number of carbonyl (C=O) groups excluding carboxylic acids is 1. The summed E-state index contributed by atoms with van der Waals surface area (Å²) in [7, 11) is 0. The third-order valence-corrected chi connectivity index (χ3v) is 3.47. The molecule has 1 aromatic heterocycles. The number of nitrogens with one attached hydrogen (secondary N) is 1. The predicted molar refractivity (Wildman–Crippen MR) is 75.3 cm³/mol. The molecule has 2 aromatic rings. The molecule has 1 aliphatic heterocycles. The Kier molecular flexibility index (Phi) is 3.77. The Morgan fingerprint density at radius 1 is 1.39 bits per heavy atom. The van der Waals surface area contributed by atoms with Gasteiger partial charge in [-0.1, -0.05) is 11.2 Å². The average molecular weight is 321 g/mol. The molecule has 0 aliphatic carbocycles. The van der Waals surface area contributed by atoms with Gasteiger partial charge in [0.15, 0.2) is 11.6 Å². The van der Waals surface area contributed by atoms with Crippen molar-refractivity contribution < 1.29 is 18.3 Å². The van der Waals surface area contributed by atoms with Crippen molar-refractivity contribution in [2.45, 2.75) is 19.9 Å². The van der Waals surface area contributed by atoms with Crippen LogP contribution in [0.3, 0.4) is 0 Å². The number of esters is 1. The Balaban J connectivity index is 2.16. The number of ether oxygens (including phenoxy) is 1. The third-order valence-electron chi connectivity index (χ3n) is 3.47. The number of hydrogen-bond acceptors (Lipinski definition) is 6. The van der Waals surface area contributed by atoms with Gasteiger partial charge in [-0.3, -0.25) is 0 Å². The van der Waals surface area contributed by atoms with Crippen molar-refractivity contribution in [3.8, 4) is 0 Å². The number of tetrazole rings is 1. The average Bonchev–Trinajstić information content (AvgIpc) is 2.96. The van der Waals surface area contributed by atoms with Crippen LogP contribution in [0.5, 0.6) is 0 Å². The highest BCUT2D eigenvalue weighted by atomic mass is 19.2. The van der Waals surface area contributed by atoms with Crippen molar-refractivity contribution in [3.63, 3.8) is 0 Å². The van der Waals surface area contributed by atoms with E-state index in [-0.39, 0.29) is 12.2 Å². The van der Waals surface area contributed by atoms with E-state index in [0.29, 0.717) is 17.2 Å². The largest absolute Gasteiger partial charge is 0.463 e. The number of aromatic nitrogens is 4. The highest BCUT2D eigenvalue weighted by molar-refractivity contribution is 5.92. The maximum atomic E-state index is 13.6. The molecular formula is C14H13F2N5O2. The third kappa shape index (κ3) is 2.54. The van der Waals surface area contributed by atoms with Gasteiger partial charge in [0.25, 0.3) is 0 Å². The summed E-state index contributed by atoms with van der Waals surface area (Å²) >= 11 is 0. The van der Waals surface area contributed by atoms with Crippen LogP contribution in [0.1, 0.15) is 25.5 Å². The lowest BCUT2D eigenvalue weighted by molar-refractivity contribution is -0.139. The summed E-state index contributed by atoms with van der Waals surface area (Å²) in [5, 5.41) is 14.1. The van der Waals surface area contributed by atoms with Gasteiger partial charge < -0.3 is 10.1 Å². The number of rotatable bonds is 3. The predicted octanol–water partition coefficient (Wildman–Crippen LogP) is 1.80. The molecule has 1 unspecified atom stereocenters. The molecule has 1 N–H and O–H groups in total. The Morgan fingerprint density at radius 3 is 2.87 bits per heavy atom. The number of fused-ring (bicyclic) bond motifs is 1. The molecule has 0 saturated carbocycles. The van der Waals surface area contributed by atoms with Crippen molar-refractivity contribution in [2.75, 3.05) is 11.9 Å². The lowest BCUT2D eigenvalue weighted by atomic mass is 9.95. The van der Waals surface area contributed by atoms with Crippen LogP contribution in [0, 0.1) is 11.6 Å². The van der Waals surface area contributed by atoms with Gasteiger partial charge in [0.05, 0.1) is 12.2 Å². The monoisotopic (exact) mass is 321 g/mol. The van der Waals surface area contributed by atoms with E-state index in [0.717, 1.165) is 12.1 Å². The summed E-state index contributed by atoms with van der Waals surface area (Å²) in [6, 6.07) is 2.58. The van der Waals surface area contributed by atoms with Crippen LogP contribution in [0.2, 0.25) is 0 Å². The van der Waals surface area contributed by atoms with Gasteiger partial charge in [-0.15, -0.1) is 0 Å². The fourth-order valence-electron chi connectivity index (χ4n) is 2.48. The molecule has 1 aliphatic rings. The fourth-order valence-corrected chi connectivity index (χ4v) is 2.48. The number of carbonyl (C=O) groups is 1. The first kappa shape index (κ1) is 15.1. The molecule has 0 amide bonds. The summed E-state index contributed by atoms with van der Waals surface area (Å²) in [4.78, 5) is 12.3. The van der Waals surface area contributed by atoms with Crippen LogP contribution in [0.25, 0.3) is 0 Å². The maximum Gasteiger partial charge on any atom is 0.338 e. The van der Waals surface area contributed by atoms with Crippen LogP contribution in [0.15, 0.2) is 29.5 Å². The van der Waals surface area contributed by atoms with E-state index < -0.39 is 23.6 Å². The molecule has 0 saturated heterocycles. The van der Waals surface area contributed by atoms with E-state index in [9.17, 15) is 13.6 Å². The van der Waals surface area contributed by atoms with Gasteiger partial charge in [0.1, 0.15) is 6.04 Å².